The van der Waals surface area contributed by atoms with Crippen molar-refractivity contribution in [3.63, 3.8) is 0 Å². The third kappa shape index (κ3) is 2.93. The molecular formula is C17H13N3O3S. The SMILES string of the molecule is O=C(Nc1nc(-c2cccnc2)cs1)c1ccc2c(c1)OCCO2. The molecule has 1 N–H and O–H groups in total. The first-order valence-corrected chi connectivity index (χ1v) is 8.24. The number of ether oxygens (including phenoxy) is 2. The van der Waals surface area contributed by atoms with Gasteiger partial charge in [0.15, 0.2) is 16.6 Å². The molecule has 3 heterocycles. The van der Waals surface area contributed by atoms with Crippen molar-refractivity contribution in [3.05, 3.63) is 53.7 Å². The number of carbonyl (C=O) groups is 1. The van der Waals surface area contributed by atoms with Crippen molar-refractivity contribution in [2.24, 2.45) is 0 Å². The standard InChI is InChI=1S/C17H13N3O3S/c21-16(11-3-4-14-15(8-11)23-7-6-22-14)20-17-19-13(10-24-17)12-2-1-5-18-9-12/h1-5,8-10H,6-7H2,(H,19,20,21). The van der Waals surface area contributed by atoms with Gasteiger partial charge in [-0.3, -0.25) is 15.1 Å². The van der Waals surface area contributed by atoms with Gasteiger partial charge in [-0.25, -0.2) is 4.98 Å². The second-order valence-electron chi connectivity index (χ2n) is 5.09. The summed E-state index contributed by atoms with van der Waals surface area (Å²) in [6.45, 7) is 1.01. The van der Waals surface area contributed by atoms with Crippen molar-refractivity contribution in [3.8, 4) is 22.8 Å². The average Bonchev–Trinajstić information content (AvgIpc) is 3.10. The maximum Gasteiger partial charge on any atom is 0.257 e. The topological polar surface area (TPSA) is 73.3 Å². The second kappa shape index (κ2) is 6.29. The molecular weight excluding hydrogens is 326 g/mol. The molecule has 0 saturated carbocycles. The molecule has 4 rings (SSSR count). The van der Waals surface area contributed by atoms with Gasteiger partial charge in [0.2, 0.25) is 0 Å². The van der Waals surface area contributed by atoms with Crippen molar-refractivity contribution in [2.75, 3.05) is 18.5 Å². The molecule has 0 unspecified atom stereocenters. The van der Waals surface area contributed by atoms with Crippen molar-refractivity contribution >= 4 is 22.4 Å². The molecule has 0 saturated heterocycles. The van der Waals surface area contributed by atoms with Gasteiger partial charge in [0.05, 0.1) is 5.69 Å². The summed E-state index contributed by atoms with van der Waals surface area (Å²) in [4.78, 5) is 20.9. The van der Waals surface area contributed by atoms with Crippen LogP contribution in [0.4, 0.5) is 5.13 Å². The lowest BCUT2D eigenvalue weighted by atomic mass is 10.2. The van der Waals surface area contributed by atoms with Crippen LogP contribution in [-0.4, -0.2) is 29.1 Å². The lowest BCUT2D eigenvalue weighted by Crippen LogP contribution is -2.17. The fourth-order valence-electron chi connectivity index (χ4n) is 2.33. The Morgan fingerprint density at radius 2 is 2.04 bits per heavy atom. The second-order valence-corrected chi connectivity index (χ2v) is 5.95. The number of fused-ring (bicyclic) bond motifs is 1. The van der Waals surface area contributed by atoms with Crippen LogP contribution in [0.2, 0.25) is 0 Å². The number of hydrogen-bond acceptors (Lipinski definition) is 6. The van der Waals surface area contributed by atoms with Gasteiger partial charge in [0.1, 0.15) is 13.2 Å². The van der Waals surface area contributed by atoms with Gasteiger partial charge in [0.25, 0.3) is 5.91 Å². The van der Waals surface area contributed by atoms with Crippen LogP contribution >= 0.6 is 11.3 Å². The molecule has 1 amide bonds. The predicted molar refractivity (Wildman–Crippen MR) is 90.7 cm³/mol. The molecule has 0 bridgehead atoms. The lowest BCUT2D eigenvalue weighted by Gasteiger charge is -2.18. The van der Waals surface area contributed by atoms with Crippen LogP contribution in [-0.2, 0) is 0 Å². The van der Waals surface area contributed by atoms with E-state index >= 15 is 0 Å². The van der Waals surface area contributed by atoms with E-state index in [0.717, 1.165) is 11.3 Å². The fraction of sp³-hybridized carbons (Fsp3) is 0.118. The third-order valence-corrected chi connectivity index (χ3v) is 4.24. The number of aromatic nitrogens is 2. The zero-order chi connectivity index (χ0) is 16.4. The predicted octanol–water partition coefficient (Wildman–Crippen LogP) is 3.23. The Morgan fingerprint density at radius 1 is 1.17 bits per heavy atom. The summed E-state index contributed by atoms with van der Waals surface area (Å²) in [6.07, 6.45) is 3.45. The van der Waals surface area contributed by atoms with Crippen molar-refractivity contribution < 1.29 is 14.3 Å². The van der Waals surface area contributed by atoms with E-state index in [1.54, 1.807) is 30.6 Å². The molecule has 0 fully saturated rings. The molecule has 24 heavy (non-hydrogen) atoms. The van der Waals surface area contributed by atoms with E-state index in [4.69, 9.17) is 9.47 Å². The van der Waals surface area contributed by atoms with Gasteiger partial charge < -0.3 is 9.47 Å². The Balaban J connectivity index is 1.51. The number of thiazole rings is 1. The number of benzene rings is 1. The van der Waals surface area contributed by atoms with Crippen LogP contribution < -0.4 is 14.8 Å². The van der Waals surface area contributed by atoms with Gasteiger partial charge in [-0.05, 0) is 30.3 Å². The molecule has 7 heteroatoms. The van der Waals surface area contributed by atoms with E-state index in [0.29, 0.717) is 35.4 Å². The molecule has 6 nitrogen and oxygen atoms in total. The zero-order valence-electron chi connectivity index (χ0n) is 12.6. The van der Waals surface area contributed by atoms with Crippen LogP contribution in [0.5, 0.6) is 11.5 Å². The summed E-state index contributed by atoms with van der Waals surface area (Å²) in [5.41, 5.74) is 2.19. The minimum atomic E-state index is -0.237. The summed E-state index contributed by atoms with van der Waals surface area (Å²) < 4.78 is 11.0. The zero-order valence-corrected chi connectivity index (χ0v) is 13.4. The molecule has 0 radical (unpaired) electrons. The van der Waals surface area contributed by atoms with E-state index in [-0.39, 0.29) is 5.91 Å². The number of nitrogens with one attached hydrogen (secondary N) is 1. The first-order valence-electron chi connectivity index (χ1n) is 7.36. The highest BCUT2D eigenvalue weighted by Gasteiger charge is 2.16. The van der Waals surface area contributed by atoms with Gasteiger partial charge in [-0.15, -0.1) is 11.3 Å². The average molecular weight is 339 g/mol. The molecule has 0 atom stereocenters. The number of pyridine rings is 1. The molecule has 0 aliphatic carbocycles. The van der Waals surface area contributed by atoms with E-state index in [9.17, 15) is 4.79 Å². The van der Waals surface area contributed by atoms with E-state index < -0.39 is 0 Å². The third-order valence-electron chi connectivity index (χ3n) is 3.49. The number of hydrogen-bond donors (Lipinski definition) is 1. The van der Waals surface area contributed by atoms with Gasteiger partial charge in [0, 0.05) is 28.9 Å². The Bertz CT molecular complexity index is 880. The number of nitrogens with zero attached hydrogens (tertiary/aromatic N) is 2. The van der Waals surface area contributed by atoms with Crippen LogP contribution in [0.25, 0.3) is 11.3 Å². The summed E-state index contributed by atoms with van der Waals surface area (Å²) in [6, 6.07) is 8.90. The van der Waals surface area contributed by atoms with E-state index in [1.807, 2.05) is 17.5 Å². The van der Waals surface area contributed by atoms with Crippen molar-refractivity contribution in [2.45, 2.75) is 0 Å². The minimum Gasteiger partial charge on any atom is -0.486 e. The molecule has 1 aliphatic heterocycles. The monoisotopic (exact) mass is 339 g/mol. The summed E-state index contributed by atoms with van der Waals surface area (Å²) in [5, 5.41) is 5.23. The summed E-state index contributed by atoms with van der Waals surface area (Å²) in [5.74, 6) is 1.01. The normalized spacial score (nSPS) is 12.7. The highest BCUT2D eigenvalue weighted by Crippen LogP contribution is 2.31. The van der Waals surface area contributed by atoms with Crippen LogP contribution in [0, 0.1) is 0 Å². The fourth-order valence-corrected chi connectivity index (χ4v) is 3.05. The van der Waals surface area contributed by atoms with Crippen LogP contribution in [0.3, 0.4) is 0 Å². The smallest absolute Gasteiger partial charge is 0.257 e. The molecule has 120 valence electrons. The van der Waals surface area contributed by atoms with Crippen LogP contribution in [0.15, 0.2) is 48.1 Å². The molecule has 2 aromatic heterocycles. The van der Waals surface area contributed by atoms with Crippen molar-refractivity contribution in [1.82, 2.24) is 9.97 Å². The van der Waals surface area contributed by atoms with Gasteiger partial charge >= 0.3 is 0 Å². The van der Waals surface area contributed by atoms with Crippen LogP contribution in [0.1, 0.15) is 10.4 Å². The summed E-state index contributed by atoms with van der Waals surface area (Å²) in [7, 11) is 0. The molecule has 0 spiro atoms. The number of amides is 1. The highest BCUT2D eigenvalue weighted by molar-refractivity contribution is 7.14. The maximum atomic E-state index is 12.4. The molecule has 3 aromatic rings. The lowest BCUT2D eigenvalue weighted by molar-refractivity contribution is 0.102. The number of carbonyl (C=O) groups excluding carboxylic acids is 1. The molecule has 1 aliphatic rings. The quantitative estimate of drug-likeness (QED) is 0.793. The van der Waals surface area contributed by atoms with Gasteiger partial charge in [-0.1, -0.05) is 0 Å². The number of rotatable bonds is 3. The number of anilines is 1. The Morgan fingerprint density at radius 3 is 2.88 bits per heavy atom. The Hall–Kier alpha value is -2.93. The Kier molecular flexibility index (Phi) is 3.84. The maximum absolute atomic E-state index is 12.4. The summed E-state index contributed by atoms with van der Waals surface area (Å²) >= 11 is 1.37. The minimum absolute atomic E-state index is 0.237. The van der Waals surface area contributed by atoms with Crippen molar-refractivity contribution in [1.29, 1.82) is 0 Å². The molecule has 1 aromatic carbocycles. The first kappa shape index (κ1) is 14.6. The van der Waals surface area contributed by atoms with Gasteiger partial charge in [-0.2, -0.15) is 0 Å². The Labute approximate surface area is 142 Å². The highest BCUT2D eigenvalue weighted by atomic mass is 32.1. The largest absolute Gasteiger partial charge is 0.486 e. The van der Waals surface area contributed by atoms with E-state index in [1.165, 1.54) is 11.3 Å². The van der Waals surface area contributed by atoms with E-state index in [2.05, 4.69) is 15.3 Å². The first-order chi connectivity index (χ1) is 11.8.